The summed E-state index contributed by atoms with van der Waals surface area (Å²) in [7, 11) is 1.58. The van der Waals surface area contributed by atoms with E-state index < -0.39 is 6.09 Å². The van der Waals surface area contributed by atoms with E-state index in [-0.39, 0.29) is 5.91 Å². The average Bonchev–Trinajstić information content (AvgIpc) is 3.13. The highest BCUT2D eigenvalue weighted by molar-refractivity contribution is 7.17. The number of nitrogens with zero attached hydrogens (tertiary/aromatic N) is 2. The molecule has 32 heavy (non-hydrogen) atoms. The van der Waals surface area contributed by atoms with E-state index in [2.05, 4.69) is 10.3 Å². The summed E-state index contributed by atoms with van der Waals surface area (Å²) in [6.45, 7) is 0.859. The van der Waals surface area contributed by atoms with Crippen LogP contribution in [0.5, 0.6) is 11.5 Å². The minimum atomic E-state index is -0.433. The number of methoxy groups -OCH3 is 1. The number of amides is 2. The van der Waals surface area contributed by atoms with E-state index in [1.54, 1.807) is 60.8 Å². The fourth-order valence-electron chi connectivity index (χ4n) is 3.29. The molecule has 1 aromatic carbocycles. The van der Waals surface area contributed by atoms with Gasteiger partial charge in [-0.25, -0.2) is 4.79 Å². The number of thiophene rings is 1. The molecular weight excluding hydrogens is 428 g/mol. The lowest BCUT2D eigenvalue weighted by atomic mass is 10.1. The zero-order valence-corrected chi connectivity index (χ0v) is 18.2. The number of carbonyl (C=O) groups excluding carboxylic acids is 2. The Morgan fingerprint density at radius 3 is 2.72 bits per heavy atom. The fourth-order valence-corrected chi connectivity index (χ4v) is 4.47. The van der Waals surface area contributed by atoms with Crippen LogP contribution in [0, 0.1) is 0 Å². The van der Waals surface area contributed by atoms with Crippen LogP contribution in [0.15, 0.2) is 54.9 Å². The van der Waals surface area contributed by atoms with Crippen molar-refractivity contribution in [2.45, 2.75) is 13.0 Å². The fraction of sp³-hybridized carbons (Fsp3) is 0.174. The van der Waals surface area contributed by atoms with Gasteiger partial charge in [0.1, 0.15) is 16.5 Å². The van der Waals surface area contributed by atoms with Crippen LogP contribution in [-0.2, 0) is 17.8 Å². The smallest absolute Gasteiger partial charge is 0.415 e. The summed E-state index contributed by atoms with van der Waals surface area (Å²) in [5.41, 5.74) is 8.61. The predicted molar refractivity (Wildman–Crippen MR) is 124 cm³/mol. The van der Waals surface area contributed by atoms with Gasteiger partial charge >= 0.3 is 6.09 Å². The number of ether oxygens (including phenoxy) is 2. The second kappa shape index (κ2) is 9.52. The minimum absolute atomic E-state index is 0.282. The number of anilines is 2. The molecule has 0 unspecified atom stereocenters. The third kappa shape index (κ3) is 4.89. The van der Waals surface area contributed by atoms with Gasteiger partial charge in [-0.1, -0.05) is 6.07 Å². The Morgan fingerprint density at radius 1 is 1.22 bits per heavy atom. The maximum absolute atomic E-state index is 12.6. The standard InChI is InChI=1S/C23H22N4O4S/c1-30-16-5-7-17(8-6-16)31-23(29)27-12-10-18-19(14-27)32-22(21(18)24)26-20(28)9-4-15-3-2-11-25-13-15/h2-9,11,13H,10,12,14,24H2,1H3,(H,26,28)/b9-4+. The first-order valence-electron chi connectivity index (χ1n) is 9.93. The number of fused-ring (bicyclic) bond motifs is 1. The molecule has 0 saturated heterocycles. The Balaban J connectivity index is 1.39. The number of nitrogen functional groups attached to an aromatic ring is 1. The summed E-state index contributed by atoms with van der Waals surface area (Å²) in [6.07, 6.45) is 6.62. The number of nitrogens with one attached hydrogen (secondary N) is 1. The summed E-state index contributed by atoms with van der Waals surface area (Å²) in [4.78, 5) is 31.5. The lowest BCUT2D eigenvalue weighted by Crippen LogP contribution is -2.37. The highest BCUT2D eigenvalue weighted by Gasteiger charge is 2.27. The van der Waals surface area contributed by atoms with E-state index >= 15 is 0 Å². The van der Waals surface area contributed by atoms with Crippen LogP contribution < -0.4 is 20.5 Å². The van der Waals surface area contributed by atoms with Crippen LogP contribution in [0.3, 0.4) is 0 Å². The molecule has 0 spiro atoms. The van der Waals surface area contributed by atoms with Crippen molar-refractivity contribution in [3.8, 4) is 11.5 Å². The van der Waals surface area contributed by atoms with Gasteiger partial charge in [-0.05, 0) is 54.0 Å². The van der Waals surface area contributed by atoms with Gasteiger partial charge in [0.25, 0.3) is 0 Å². The minimum Gasteiger partial charge on any atom is -0.497 e. The molecule has 2 aromatic heterocycles. The first-order valence-corrected chi connectivity index (χ1v) is 10.7. The Morgan fingerprint density at radius 2 is 2.00 bits per heavy atom. The lowest BCUT2D eigenvalue weighted by Gasteiger charge is -2.26. The molecule has 1 aliphatic heterocycles. The third-order valence-electron chi connectivity index (χ3n) is 4.97. The molecule has 4 rings (SSSR count). The van der Waals surface area contributed by atoms with Gasteiger partial charge < -0.3 is 25.4 Å². The number of aromatic nitrogens is 1. The van der Waals surface area contributed by atoms with Crippen molar-refractivity contribution in [1.82, 2.24) is 9.88 Å². The first kappa shape index (κ1) is 21.4. The van der Waals surface area contributed by atoms with Crippen LogP contribution in [-0.4, -0.2) is 35.5 Å². The molecule has 0 atom stereocenters. The molecule has 3 heterocycles. The van der Waals surface area contributed by atoms with Crippen molar-refractivity contribution in [3.05, 3.63) is 70.9 Å². The van der Waals surface area contributed by atoms with Crippen LogP contribution in [0.2, 0.25) is 0 Å². The Hall–Kier alpha value is -3.85. The van der Waals surface area contributed by atoms with E-state index in [4.69, 9.17) is 15.2 Å². The van der Waals surface area contributed by atoms with Gasteiger partial charge in [0.05, 0.1) is 19.3 Å². The SMILES string of the molecule is COc1ccc(OC(=O)N2CCc3c(sc(NC(=O)/C=C/c4cccnc4)c3N)C2)cc1. The van der Waals surface area contributed by atoms with Gasteiger partial charge in [-0.15, -0.1) is 11.3 Å². The quantitative estimate of drug-likeness (QED) is 0.570. The molecule has 9 heteroatoms. The molecule has 0 aliphatic carbocycles. The summed E-state index contributed by atoms with van der Waals surface area (Å²) in [6, 6.07) is 10.5. The summed E-state index contributed by atoms with van der Waals surface area (Å²) in [5.74, 6) is 0.849. The highest BCUT2D eigenvalue weighted by Crippen LogP contribution is 2.39. The number of rotatable bonds is 5. The molecule has 1 aliphatic rings. The number of hydrogen-bond acceptors (Lipinski definition) is 7. The molecule has 0 bridgehead atoms. The summed E-state index contributed by atoms with van der Waals surface area (Å²) >= 11 is 1.38. The van der Waals surface area contributed by atoms with Crippen LogP contribution in [0.1, 0.15) is 16.0 Å². The molecule has 164 valence electrons. The third-order valence-corrected chi connectivity index (χ3v) is 6.12. The largest absolute Gasteiger partial charge is 0.497 e. The van der Waals surface area contributed by atoms with E-state index in [1.807, 2.05) is 6.07 Å². The molecule has 0 fully saturated rings. The zero-order valence-electron chi connectivity index (χ0n) is 17.4. The normalized spacial score (nSPS) is 13.0. The predicted octanol–water partition coefficient (Wildman–Crippen LogP) is 3.94. The molecule has 0 saturated carbocycles. The number of carbonyl (C=O) groups is 2. The molecular formula is C23H22N4O4S. The number of pyridine rings is 1. The van der Waals surface area contributed by atoms with E-state index in [1.165, 1.54) is 17.4 Å². The Labute approximate surface area is 189 Å². The Bertz CT molecular complexity index is 1140. The van der Waals surface area contributed by atoms with Gasteiger partial charge in [0.2, 0.25) is 5.91 Å². The highest BCUT2D eigenvalue weighted by atomic mass is 32.1. The number of hydrogen-bond donors (Lipinski definition) is 2. The summed E-state index contributed by atoms with van der Waals surface area (Å²) < 4.78 is 10.6. The van der Waals surface area contributed by atoms with Gasteiger partial charge in [-0.3, -0.25) is 9.78 Å². The van der Waals surface area contributed by atoms with Crippen molar-refractivity contribution in [1.29, 1.82) is 0 Å². The monoisotopic (exact) mass is 450 g/mol. The van der Waals surface area contributed by atoms with Crippen LogP contribution >= 0.6 is 11.3 Å². The van der Waals surface area contributed by atoms with Crippen molar-refractivity contribution in [3.63, 3.8) is 0 Å². The van der Waals surface area contributed by atoms with E-state index in [0.717, 1.165) is 16.0 Å². The molecule has 3 aromatic rings. The Kier molecular flexibility index (Phi) is 6.37. The summed E-state index contributed by atoms with van der Waals surface area (Å²) in [5, 5.41) is 3.42. The molecule has 8 nitrogen and oxygen atoms in total. The van der Waals surface area contributed by atoms with Crippen LogP contribution in [0.25, 0.3) is 6.08 Å². The van der Waals surface area contributed by atoms with Crippen molar-refractivity contribution in [2.75, 3.05) is 24.7 Å². The number of benzene rings is 1. The van der Waals surface area contributed by atoms with Gasteiger partial charge in [-0.2, -0.15) is 0 Å². The van der Waals surface area contributed by atoms with E-state index in [0.29, 0.717) is 41.7 Å². The topological polar surface area (TPSA) is 107 Å². The maximum atomic E-state index is 12.6. The van der Waals surface area contributed by atoms with Gasteiger partial charge in [0, 0.05) is 29.9 Å². The maximum Gasteiger partial charge on any atom is 0.415 e. The van der Waals surface area contributed by atoms with Gasteiger partial charge in [0.15, 0.2) is 0 Å². The zero-order chi connectivity index (χ0) is 22.5. The average molecular weight is 451 g/mol. The second-order valence-electron chi connectivity index (χ2n) is 7.07. The molecule has 2 amide bonds. The second-order valence-corrected chi connectivity index (χ2v) is 8.18. The van der Waals surface area contributed by atoms with E-state index in [9.17, 15) is 9.59 Å². The molecule has 3 N–H and O–H groups in total. The van der Waals surface area contributed by atoms with Crippen molar-refractivity contribution >= 4 is 40.1 Å². The molecule has 0 radical (unpaired) electrons. The van der Waals surface area contributed by atoms with Crippen molar-refractivity contribution in [2.24, 2.45) is 0 Å². The van der Waals surface area contributed by atoms with Crippen molar-refractivity contribution < 1.29 is 19.1 Å². The van der Waals surface area contributed by atoms with Crippen LogP contribution in [0.4, 0.5) is 15.5 Å². The number of nitrogens with two attached hydrogens (primary N) is 1. The first-order chi connectivity index (χ1) is 15.5. The lowest BCUT2D eigenvalue weighted by molar-refractivity contribution is -0.111.